The van der Waals surface area contributed by atoms with Crippen molar-refractivity contribution >= 4 is 23.6 Å². The summed E-state index contributed by atoms with van der Waals surface area (Å²) in [7, 11) is 0. The van der Waals surface area contributed by atoms with Crippen LogP contribution in [0, 0.1) is 0 Å². The van der Waals surface area contributed by atoms with E-state index in [9.17, 15) is 4.79 Å². The predicted molar refractivity (Wildman–Crippen MR) is 122 cm³/mol. The molecule has 160 valence electrons. The maximum atomic E-state index is 12.3. The van der Waals surface area contributed by atoms with Gasteiger partial charge in [-0.05, 0) is 44.0 Å². The van der Waals surface area contributed by atoms with E-state index in [1.165, 1.54) is 5.69 Å². The number of carbonyl (C=O) groups excluding carboxylic acids is 1. The highest BCUT2D eigenvalue weighted by atomic mass is 32.2. The Bertz CT molecular complexity index is 1110. The molecule has 0 bridgehead atoms. The first-order valence-corrected chi connectivity index (χ1v) is 11.5. The molecule has 5 rings (SSSR count). The molecule has 2 aliphatic heterocycles. The summed E-state index contributed by atoms with van der Waals surface area (Å²) < 4.78 is 2.11. The van der Waals surface area contributed by atoms with Crippen molar-refractivity contribution in [3.05, 3.63) is 54.4 Å². The van der Waals surface area contributed by atoms with Crippen molar-refractivity contribution in [1.29, 1.82) is 0 Å². The molecule has 7 nitrogen and oxygen atoms in total. The zero-order valence-corrected chi connectivity index (χ0v) is 18.4. The number of nitrogens with zero attached hydrogens (tertiary/aromatic N) is 4. The van der Waals surface area contributed by atoms with Crippen LogP contribution >= 0.6 is 11.8 Å². The van der Waals surface area contributed by atoms with Crippen molar-refractivity contribution in [2.75, 3.05) is 25.4 Å². The number of hydrogen-bond donors (Lipinski definition) is 2. The molecule has 3 N–H and O–H groups in total. The SMILES string of the molecule is CCNC(=O)N1CCC2(CCn3nc(-c4cnc(N)c(Sc5ccccc5)c4)cc32)C1. The van der Waals surface area contributed by atoms with Crippen molar-refractivity contribution in [2.24, 2.45) is 0 Å². The first kappa shape index (κ1) is 19.9. The van der Waals surface area contributed by atoms with Crippen LogP contribution in [-0.4, -0.2) is 45.3 Å². The average molecular weight is 435 g/mol. The van der Waals surface area contributed by atoms with Crippen LogP contribution in [0.15, 0.2) is 58.5 Å². The van der Waals surface area contributed by atoms with Crippen LogP contribution in [0.3, 0.4) is 0 Å². The highest BCUT2D eigenvalue weighted by molar-refractivity contribution is 7.99. The quantitative estimate of drug-likeness (QED) is 0.653. The van der Waals surface area contributed by atoms with Gasteiger partial charge in [0.15, 0.2) is 0 Å². The van der Waals surface area contributed by atoms with Gasteiger partial charge in [0.2, 0.25) is 0 Å². The Kier molecular flexibility index (Phi) is 5.09. The van der Waals surface area contributed by atoms with Gasteiger partial charge in [0.1, 0.15) is 5.82 Å². The summed E-state index contributed by atoms with van der Waals surface area (Å²) in [5.74, 6) is 0.522. The lowest BCUT2D eigenvalue weighted by atomic mass is 9.82. The zero-order valence-electron chi connectivity index (χ0n) is 17.5. The van der Waals surface area contributed by atoms with Gasteiger partial charge >= 0.3 is 6.03 Å². The monoisotopic (exact) mass is 434 g/mol. The fourth-order valence-corrected chi connectivity index (χ4v) is 5.51. The number of rotatable bonds is 4. The number of fused-ring (bicyclic) bond motifs is 2. The van der Waals surface area contributed by atoms with Gasteiger partial charge in [-0.1, -0.05) is 30.0 Å². The third kappa shape index (κ3) is 3.65. The Morgan fingerprint density at radius 3 is 2.84 bits per heavy atom. The molecule has 3 aromatic rings. The molecule has 0 radical (unpaired) electrons. The van der Waals surface area contributed by atoms with E-state index >= 15 is 0 Å². The summed E-state index contributed by atoms with van der Waals surface area (Å²) in [6.07, 6.45) is 3.80. The Morgan fingerprint density at radius 1 is 1.23 bits per heavy atom. The molecule has 0 aliphatic carbocycles. The standard InChI is InChI=1S/C23H26N6OS/c1-2-25-22(30)28-10-8-23(15-28)9-11-29-20(23)13-18(27-29)16-12-19(21(24)26-14-16)31-17-6-4-3-5-7-17/h3-7,12-14H,2,8-11,15H2,1H3,(H2,24,26)(H,25,30). The van der Waals surface area contributed by atoms with E-state index in [4.69, 9.17) is 10.8 Å². The van der Waals surface area contributed by atoms with E-state index in [1.54, 1.807) is 18.0 Å². The second kappa shape index (κ2) is 7.92. The predicted octanol–water partition coefficient (Wildman–Crippen LogP) is 3.76. The van der Waals surface area contributed by atoms with E-state index in [2.05, 4.69) is 39.2 Å². The van der Waals surface area contributed by atoms with Crippen LogP contribution in [0.1, 0.15) is 25.5 Å². The minimum Gasteiger partial charge on any atom is -0.383 e. The number of nitrogens with two attached hydrogens (primary N) is 1. The number of nitrogens with one attached hydrogen (secondary N) is 1. The molecular weight excluding hydrogens is 408 g/mol. The van der Waals surface area contributed by atoms with E-state index in [1.807, 2.05) is 30.0 Å². The molecule has 8 heteroatoms. The lowest BCUT2D eigenvalue weighted by Gasteiger charge is -2.23. The number of pyridine rings is 1. The number of hydrogen-bond acceptors (Lipinski definition) is 5. The number of likely N-dealkylation sites (tertiary alicyclic amines) is 1. The van der Waals surface area contributed by atoms with Crippen molar-refractivity contribution in [2.45, 2.75) is 41.5 Å². The Morgan fingerprint density at radius 2 is 2.03 bits per heavy atom. The van der Waals surface area contributed by atoms with Crippen molar-refractivity contribution in [1.82, 2.24) is 25.0 Å². The van der Waals surface area contributed by atoms with Crippen LogP contribution in [0.2, 0.25) is 0 Å². The van der Waals surface area contributed by atoms with Gasteiger partial charge in [0.05, 0.1) is 10.6 Å². The molecule has 1 atom stereocenters. The van der Waals surface area contributed by atoms with Crippen molar-refractivity contribution < 1.29 is 4.79 Å². The summed E-state index contributed by atoms with van der Waals surface area (Å²) in [4.78, 5) is 20.7. The summed E-state index contributed by atoms with van der Waals surface area (Å²) in [6.45, 7) is 5.02. The number of aryl methyl sites for hydroxylation is 1. The molecule has 31 heavy (non-hydrogen) atoms. The number of aromatic nitrogens is 3. The minimum atomic E-state index is -0.000807. The topological polar surface area (TPSA) is 89.1 Å². The summed E-state index contributed by atoms with van der Waals surface area (Å²) >= 11 is 1.61. The number of urea groups is 1. The highest BCUT2D eigenvalue weighted by Gasteiger charge is 2.46. The summed E-state index contributed by atoms with van der Waals surface area (Å²) in [6, 6.07) is 14.4. The molecule has 1 saturated heterocycles. The Labute approximate surface area is 186 Å². The fourth-order valence-electron chi connectivity index (χ4n) is 4.62. The molecule has 2 amide bonds. The fraction of sp³-hybridized carbons (Fsp3) is 0.348. The third-order valence-electron chi connectivity index (χ3n) is 6.24. The first-order valence-electron chi connectivity index (χ1n) is 10.7. The molecule has 0 saturated carbocycles. The van der Waals surface area contributed by atoms with Gasteiger partial charge < -0.3 is 16.0 Å². The second-order valence-corrected chi connectivity index (χ2v) is 9.31. The number of anilines is 1. The van der Waals surface area contributed by atoms with E-state index in [-0.39, 0.29) is 11.4 Å². The molecule has 1 spiro atoms. The highest BCUT2D eigenvalue weighted by Crippen LogP contribution is 2.44. The Hall–Kier alpha value is -3.00. The van der Waals surface area contributed by atoms with Gasteiger partial charge in [0, 0.05) is 53.9 Å². The average Bonchev–Trinajstić information content (AvgIpc) is 3.48. The van der Waals surface area contributed by atoms with Gasteiger partial charge in [-0.3, -0.25) is 4.68 Å². The van der Waals surface area contributed by atoms with Crippen LogP contribution in [-0.2, 0) is 12.0 Å². The Balaban J connectivity index is 1.41. The maximum absolute atomic E-state index is 12.3. The zero-order chi connectivity index (χ0) is 21.4. The minimum absolute atomic E-state index is 0.000807. The number of nitrogen functional groups attached to an aromatic ring is 1. The molecular formula is C23H26N6OS. The number of amides is 2. The van der Waals surface area contributed by atoms with Crippen LogP contribution in [0.5, 0.6) is 0 Å². The number of carbonyl (C=O) groups is 1. The van der Waals surface area contributed by atoms with Gasteiger partial charge in [-0.25, -0.2) is 9.78 Å². The molecule has 2 aliphatic rings. The van der Waals surface area contributed by atoms with Crippen LogP contribution in [0.25, 0.3) is 11.3 Å². The molecule has 1 fully saturated rings. The lowest BCUT2D eigenvalue weighted by molar-refractivity contribution is 0.206. The van der Waals surface area contributed by atoms with E-state index in [0.717, 1.165) is 53.5 Å². The third-order valence-corrected chi connectivity index (χ3v) is 7.30. The van der Waals surface area contributed by atoms with Gasteiger partial charge in [0.25, 0.3) is 0 Å². The smallest absolute Gasteiger partial charge is 0.317 e. The normalized spacial score (nSPS) is 19.7. The van der Waals surface area contributed by atoms with Gasteiger partial charge in [-0.2, -0.15) is 5.10 Å². The number of benzene rings is 1. The lowest BCUT2D eigenvalue weighted by Crippen LogP contribution is -2.40. The largest absolute Gasteiger partial charge is 0.383 e. The van der Waals surface area contributed by atoms with E-state index < -0.39 is 0 Å². The summed E-state index contributed by atoms with van der Waals surface area (Å²) in [5, 5.41) is 7.79. The molecule has 1 aromatic carbocycles. The maximum Gasteiger partial charge on any atom is 0.317 e. The first-order chi connectivity index (χ1) is 15.1. The molecule has 2 aromatic heterocycles. The second-order valence-electron chi connectivity index (χ2n) is 8.20. The molecule has 1 unspecified atom stereocenters. The van der Waals surface area contributed by atoms with Gasteiger partial charge in [-0.15, -0.1) is 0 Å². The van der Waals surface area contributed by atoms with Crippen molar-refractivity contribution in [3.8, 4) is 11.3 Å². The van der Waals surface area contributed by atoms with Crippen LogP contribution in [0.4, 0.5) is 10.6 Å². The molecule has 4 heterocycles. The van der Waals surface area contributed by atoms with E-state index in [0.29, 0.717) is 12.4 Å². The summed E-state index contributed by atoms with van der Waals surface area (Å²) in [5.41, 5.74) is 9.25. The van der Waals surface area contributed by atoms with Crippen molar-refractivity contribution in [3.63, 3.8) is 0 Å². The van der Waals surface area contributed by atoms with Crippen LogP contribution < -0.4 is 11.1 Å².